The molecule has 2 aromatic rings. The van der Waals surface area contributed by atoms with Gasteiger partial charge in [0.25, 0.3) is 5.91 Å². The van der Waals surface area contributed by atoms with E-state index in [1.807, 2.05) is 29.2 Å². The van der Waals surface area contributed by atoms with Gasteiger partial charge in [0.15, 0.2) is 0 Å². The Morgan fingerprint density at radius 3 is 2.95 bits per heavy atom. The van der Waals surface area contributed by atoms with Crippen LogP contribution in [0.5, 0.6) is 0 Å². The van der Waals surface area contributed by atoms with E-state index >= 15 is 0 Å². The fraction of sp³-hybridized carbons (Fsp3) is 0.412. The van der Waals surface area contributed by atoms with Crippen molar-refractivity contribution >= 4 is 16.8 Å². The summed E-state index contributed by atoms with van der Waals surface area (Å²) >= 11 is 0. The Balaban J connectivity index is 1.99. The number of fused-ring (bicyclic) bond motifs is 1. The molecular weight excluding hydrogens is 264 g/mol. The fourth-order valence-corrected chi connectivity index (χ4v) is 3.07. The maximum absolute atomic E-state index is 12.9. The first-order valence-electron chi connectivity index (χ1n) is 7.57. The van der Waals surface area contributed by atoms with Gasteiger partial charge in [0.1, 0.15) is 0 Å². The third-order valence-corrected chi connectivity index (χ3v) is 4.23. The SMILES string of the molecule is O=C(c1ccnc2ccccc12)N1CCCCCC1CO. The van der Waals surface area contributed by atoms with Gasteiger partial charge in [0.05, 0.1) is 23.7 Å². The molecule has 1 aromatic carbocycles. The molecule has 1 amide bonds. The number of aromatic nitrogens is 1. The number of para-hydroxylation sites is 1. The summed E-state index contributed by atoms with van der Waals surface area (Å²) in [6.45, 7) is 0.759. The van der Waals surface area contributed by atoms with Crippen LogP contribution in [-0.2, 0) is 0 Å². The molecule has 1 aliphatic heterocycles. The maximum atomic E-state index is 12.9. The van der Waals surface area contributed by atoms with Crippen molar-refractivity contribution in [1.82, 2.24) is 9.88 Å². The largest absolute Gasteiger partial charge is 0.394 e. The molecule has 0 spiro atoms. The molecule has 1 unspecified atom stereocenters. The van der Waals surface area contributed by atoms with E-state index in [4.69, 9.17) is 0 Å². The van der Waals surface area contributed by atoms with Crippen LogP contribution >= 0.6 is 0 Å². The van der Waals surface area contributed by atoms with E-state index in [2.05, 4.69) is 4.98 Å². The van der Waals surface area contributed by atoms with Crippen molar-refractivity contribution in [1.29, 1.82) is 0 Å². The number of hydrogen-bond donors (Lipinski definition) is 1. The smallest absolute Gasteiger partial charge is 0.254 e. The minimum Gasteiger partial charge on any atom is -0.394 e. The lowest BCUT2D eigenvalue weighted by Gasteiger charge is -2.29. The number of nitrogens with zero attached hydrogens (tertiary/aromatic N) is 2. The van der Waals surface area contributed by atoms with E-state index in [0.717, 1.165) is 43.1 Å². The number of likely N-dealkylation sites (tertiary alicyclic amines) is 1. The quantitative estimate of drug-likeness (QED) is 0.922. The second kappa shape index (κ2) is 6.22. The van der Waals surface area contributed by atoms with Gasteiger partial charge in [-0.3, -0.25) is 9.78 Å². The summed E-state index contributed by atoms with van der Waals surface area (Å²) in [5.74, 6) is 0.00884. The van der Waals surface area contributed by atoms with Crippen molar-refractivity contribution in [2.45, 2.75) is 31.7 Å². The molecule has 1 aliphatic rings. The molecule has 0 bridgehead atoms. The van der Waals surface area contributed by atoms with E-state index in [1.54, 1.807) is 12.3 Å². The van der Waals surface area contributed by atoms with Gasteiger partial charge in [-0.1, -0.05) is 31.0 Å². The highest BCUT2D eigenvalue weighted by Gasteiger charge is 2.26. The maximum Gasteiger partial charge on any atom is 0.254 e. The third kappa shape index (κ3) is 2.76. The normalized spacial score (nSPS) is 19.5. The highest BCUT2D eigenvalue weighted by molar-refractivity contribution is 6.06. The predicted octanol–water partition coefficient (Wildman–Crippen LogP) is 2.61. The Bertz CT molecular complexity index is 636. The molecule has 1 saturated heterocycles. The molecule has 4 nitrogen and oxygen atoms in total. The van der Waals surface area contributed by atoms with Gasteiger partial charge in [0, 0.05) is 18.1 Å². The minimum absolute atomic E-state index is 0.00884. The highest BCUT2D eigenvalue weighted by atomic mass is 16.3. The molecule has 1 fully saturated rings. The zero-order valence-electron chi connectivity index (χ0n) is 12.0. The molecule has 0 saturated carbocycles. The van der Waals surface area contributed by atoms with Crippen molar-refractivity contribution in [2.75, 3.05) is 13.2 Å². The van der Waals surface area contributed by atoms with Gasteiger partial charge < -0.3 is 10.0 Å². The Labute approximate surface area is 124 Å². The van der Waals surface area contributed by atoms with Crippen LogP contribution in [0.3, 0.4) is 0 Å². The lowest BCUT2D eigenvalue weighted by atomic mass is 10.1. The number of benzene rings is 1. The summed E-state index contributed by atoms with van der Waals surface area (Å²) < 4.78 is 0. The summed E-state index contributed by atoms with van der Waals surface area (Å²) in [6, 6.07) is 9.41. The van der Waals surface area contributed by atoms with E-state index in [9.17, 15) is 9.90 Å². The Hall–Kier alpha value is -1.94. The number of amides is 1. The number of rotatable bonds is 2. The molecule has 3 rings (SSSR count). The van der Waals surface area contributed by atoms with Gasteiger partial charge in [-0.15, -0.1) is 0 Å². The summed E-state index contributed by atoms with van der Waals surface area (Å²) in [7, 11) is 0. The fourth-order valence-electron chi connectivity index (χ4n) is 3.07. The summed E-state index contributed by atoms with van der Waals surface area (Å²) in [4.78, 5) is 19.1. The average Bonchev–Trinajstić information content (AvgIpc) is 2.79. The standard InChI is InChI=1S/C17H20N2O2/c20-12-13-6-2-1-5-11-19(13)17(21)15-9-10-18-16-8-4-3-7-14(15)16/h3-4,7-10,13,20H,1-2,5-6,11-12H2. The zero-order valence-corrected chi connectivity index (χ0v) is 12.0. The van der Waals surface area contributed by atoms with Crippen LogP contribution in [0, 0.1) is 0 Å². The minimum atomic E-state index is -0.0630. The van der Waals surface area contributed by atoms with Crippen molar-refractivity contribution in [3.8, 4) is 0 Å². The van der Waals surface area contributed by atoms with E-state index in [-0.39, 0.29) is 18.6 Å². The van der Waals surface area contributed by atoms with Crippen molar-refractivity contribution < 1.29 is 9.90 Å². The van der Waals surface area contributed by atoms with Crippen LogP contribution < -0.4 is 0 Å². The molecule has 4 heteroatoms. The van der Waals surface area contributed by atoms with E-state index in [0.29, 0.717) is 5.56 Å². The summed E-state index contributed by atoms with van der Waals surface area (Å²) in [5.41, 5.74) is 1.51. The van der Waals surface area contributed by atoms with E-state index in [1.165, 1.54) is 0 Å². The number of aliphatic hydroxyl groups is 1. The number of aliphatic hydroxyl groups excluding tert-OH is 1. The first-order chi connectivity index (χ1) is 10.3. The highest BCUT2D eigenvalue weighted by Crippen LogP contribution is 2.22. The second-order valence-electron chi connectivity index (χ2n) is 5.56. The van der Waals surface area contributed by atoms with Gasteiger partial charge in [-0.2, -0.15) is 0 Å². The molecule has 21 heavy (non-hydrogen) atoms. The number of pyridine rings is 1. The molecule has 2 heterocycles. The first kappa shape index (κ1) is 14.0. The summed E-state index contributed by atoms with van der Waals surface area (Å²) in [6.07, 6.45) is 5.77. The van der Waals surface area contributed by atoms with Crippen LogP contribution in [0.1, 0.15) is 36.0 Å². The van der Waals surface area contributed by atoms with Crippen molar-refractivity contribution in [3.05, 3.63) is 42.1 Å². The van der Waals surface area contributed by atoms with Gasteiger partial charge >= 0.3 is 0 Å². The van der Waals surface area contributed by atoms with Crippen molar-refractivity contribution in [3.63, 3.8) is 0 Å². The molecule has 1 aromatic heterocycles. The zero-order chi connectivity index (χ0) is 14.7. The molecule has 1 N–H and O–H groups in total. The molecule has 110 valence electrons. The monoisotopic (exact) mass is 284 g/mol. The van der Waals surface area contributed by atoms with Crippen molar-refractivity contribution in [2.24, 2.45) is 0 Å². The topological polar surface area (TPSA) is 53.4 Å². The van der Waals surface area contributed by atoms with Crippen LogP contribution in [0.2, 0.25) is 0 Å². The number of carbonyl (C=O) groups is 1. The molecule has 0 aliphatic carbocycles. The van der Waals surface area contributed by atoms with E-state index < -0.39 is 0 Å². The number of carbonyl (C=O) groups excluding carboxylic acids is 1. The molecule has 1 atom stereocenters. The first-order valence-corrected chi connectivity index (χ1v) is 7.57. The van der Waals surface area contributed by atoms with Gasteiger partial charge in [0.2, 0.25) is 0 Å². The van der Waals surface area contributed by atoms with Crippen LogP contribution in [0.4, 0.5) is 0 Å². The van der Waals surface area contributed by atoms with Gasteiger partial charge in [-0.05, 0) is 25.0 Å². The molecule has 0 radical (unpaired) electrons. The summed E-state index contributed by atoms with van der Waals surface area (Å²) in [5, 5.41) is 10.5. The number of hydrogen-bond acceptors (Lipinski definition) is 3. The lowest BCUT2D eigenvalue weighted by Crippen LogP contribution is -2.42. The third-order valence-electron chi connectivity index (χ3n) is 4.23. The predicted molar refractivity (Wildman–Crippen MR) is 82.1 cm³/mol. The average molecular weight is 284 g/mol. The van der Waals surface area contributed by atoms with Crippen LogP contribution in [0.15, 0.2) is 36.5 Å². The van der Waals surface area contributed by atoms with Crippen LogP contribution in [0.25, 0.3) is 10.9 Å². The Morgan fingerprint density at radius 2 is 2.10 bits per heavy atom. The Morgan fingerprint density at radius 1 is 1.24 bits per heavy atom. The Kier molecular flexibility index (Phi) is 4.15. The molecular formula is C17H20N2O2. The second-order valence-corrected chi connectivity index (χ2v) is 5.56. The lowest BCUT2D eigenvalue weighted by molar-refractivity contribution is 0.0601. The van der Waals surface area contributed by atoms with Gasteiger partial charge in [-0.25, -0.2) is 0 Å². The van der Waals surface area contributed by atoms with Crippen LogP contribution in [-0.4, -0.2) is 40.1 Å².